The van der Waals surface area contributed by atoms with Gasteiger partial charge >= 0.3 is 0 Å². The number of thiocarbonyl (C=S) groups is 1. The van der Waals surface area contributed by atoms with Crippen molar-refractivity contribution in [2.24, 2.45) is 5.73 Å². The van der Waals surface area contributed by atoms with Crippen molar-refractivity contribution in [3.63, 3.8) is 0 Å². The highest BCUT2D eigenvalue weighted by atomic mass is 32.1. The molecule has 3 nitrogen and oxygen atoms in total. The van der Waals surface area contributed by atoms with Gasteiger partial charge in [-0.25, -0.2) is 4.39 Å². The summed E-state index contributed by atoms with van der Waals surface area (Å²) in [5, 5.41) is 0. The Morgan fingerprint density at radius 2 is 2.17 bits per heavy atom. The van der Waals surface area contributed by atoms with Crippen LogP contribution in [-0.4, -0.2) is 28.4 Å². The van der Waals surface area contributed by atoms with Gasteiger partial charge in [-0.05, 0) is 32.0 Å². The molecule has 0 saturated carbocycles. The molecule has 0 heterocycles. The standard InChI is InChI=1S/C13H17FN2OS/c1-9(2)16(7-6-12(15)18)13(17)10-4-3-5-11(14)8-10/h3-5,8-9H,6-7H2,1-2H3,(H2,15,18). The van der Waals surface area contributed by atoms with Crippen molar-refractivity contribution in [3.05, 3.63) is 35.6 Å². The molecule has 98 valence electrons. The Labute approximate surface area is 112 Å². The van der Waals surface area contributed by atoms with E-state index in [1.54, 1.807) is 11.0 Å². The zero-order valence-electron chi connectivity index (χ0n) is 10.5. The van der Waals surface area contributed by atoms with Crippen LogP contribution in [0.15, 0.2) is 24.3 Å². The van der Waals surface area contributed by atoms with Crippen LogP contribution >= 0.6 is 12.2 Å². The van der Waals surface area contributed by atoms with Gasteiger partial charge in [-0.15, -0.1) is 0 Å². The van der Waals surface area contributed by atoms with Crippen molar-refractivity contribution in [1.82, 2.24) is 4.90 Å². The molecule has 0 radical (unpaired) electrons. The van der Waals surface area contributed by atoms with E-state index in [4.69, 9.17) is 18.0 Å². The second-order valence-electron chi connectivity index (χ2n) is 4.32. The summed E-state index contributed by atoms with van der Waals surface area (Å²) in [6.07, 6.45) is 0.467. The van der Waals surface area contributed by atoms with E-state index in [9.17, 15) is 9.18 Å². The lowest BCUT2D eigenvalue weighted by Crippen LogP contribution is -2.39. The maximum absolute atomic E-state index is 13.1. The Morgan fingerprint density at radius 3 is 2.67 bits per heavy atom. The number of benzene rings is 1. The predicted octanol–water partition coefficient (Wildman–Crippen LogP) is 2.35. The van der Waals surface area contributed by atoms with Gasteiger partial charge < -0.3 is 10.6 Å². The lowest BCUT2D eigenvalue weighted by Gasteiger charge is -2.26. The summed E-state index contributed by atoms with van der Waals surface area (Å²) >= 11 is 4.80. The molecule has 1 aromatic rings. The smallest absolute Gasteiger partial charge is 0.254 e. The van der Waals surface area contributed by atoms with Crippen molar-refractivity contribution in [2.75, 3.05) is 6.54 Å². The number of amides is 1. The van der Waals surface area contributed by atoms with Crippen molar-refractivity contribution < 1.29 is 9.18 Å². The van der Waals surface area contributed by atoms with Crippen LogP contribution in [0.3, 0.4) is 0 Å². The fraction of sp³-hybridized carbons (Fsp3) is 0.385. The molecule has 1 amide bonds. The maximum atomic E-state index is 13.1. The normalized spacial score (nSPS) is 10.4. The molecule has 2 N–H and O–H groups in total. The number of nitrogens with two attached hydrogens (primary N) is 1. The van der Waals surface area contributed by atoms with Crippen LogP contribution in [0.2, 0.25) is 0 Å². The van der Waals surface area contributed by atoms with Gasteiger partial charge in [0.25, 0.3) is 5.91 Å². The van der Waals surface area contributed by atoms with Crippen LogP contribution < -0.4 is 5.73 Å². The SMILES string of the molecule is CC(C)N(CCC(N)=S)C(=O)c1cccc(F)c1. The van der Waals surface area contributed by atoms with E-state index in [0.29, 0.717) is 23.5 Å². The minimum Gasteiger partial charge on any atom is -0.393 e. The van der Waals surface area contributed by atoms with Crippen LogP contribution in [0.1, 0.15) is 30.6 Å². The number of hydrogen-bond acceptors (Lipinski definition) is 2. The second-order valence-corrected chi connectivity index (χ2v) is 4.84. The van der Waals surface area contributed by atoms with E-state index >= 15 is 0 Å². The minimum atomic E-state index is -0.418. The van der Waals surface area contributed by atoms with Crippen molar-refractivity contribution in [2.45, 2.75) is 26.3 Å². The summed E-state index contributed by atoms with van der Waals surface area (Å²) in [4.78, 5) is 14.2. The summed E-state index contributed by atoms with van der Waals surface area (Å²) in [6, 6.07) is 5.68. The number of hydrogen-bond donors (Lipinski definition) is 1. The van der Waals surface area contributed by atoms with E-state index in [-0.39, 0.29) is 11.9 Å². The van der Waals surface area contributed by atoms with Crippen LogP contribution in [0.5, 0.6) is 0 Å². The average molecular weight is 268 g/mol. The van der Waals surface area contributed by atoms with Gasteiger partial charge in [-0.2, -0.15) is 0 Å². The first-order valence-electron chi connectivity index (χ1n) is 5.76. The number of rotatable bonds is 5. The number of carbonyl (C=O) groups excluding carboxylic acids is 1. The van der Waals surface area contributed by atoms with Gasteiger partial charge in [0, 0.05) is 24.6 Å². The first-order chi connectivity index (χ1) is 8.41. The van der Waals surface area contributed by atoms with Gasteiger partial charge in [0.15, 0.2) is 0 Å². The Bertz CT molecular complexity index is 448. The molecule has 0 fully saturated rings. The first-order valence-corrected chi connectivity index (χ1v) is 6.17. The molecular formula is C13H17FN2OS. The molecule has 18 heavy (non-hydrogen) atoms. The topological polar surface area (TPSA) is 46.3 Å². The highest BCUT2D eigenvalue weighted by molar-refractivity contribution is 7.80. The summed E-state index contributed by atoms with van der Waals surface area (Å²) < 4.78 is 13.1. The number of nitrogens with zero attached hydrogens (tertiary/aromatic N) is 1. The molecule has 1 rings (SSSR count). The molecule has 0 aliphatic heterocycles. The summed E-state index contributed by atoms with van der Waals surface area (Å²) in [5.41, 5.74) is 5.78. The lowest BCUT2D eigenvalue weighted by molar-refractivity contribution is 0.0711. The largest absolute Gasteiger partial charge is 0.393 e. The minimum absolute atomic E-state index is 0.00937. The summed E-state index contributed by atoms with van der Waals surface area (Å²) in [5.74, 6) is -0.625. The zero-order chi connectivity index (χ0) is 13.7. The van der Waals surface area contributed by atoms with E-state index in [1.165, 1.54) is 18.2 Å². The Hall–Kier alpha value is -1.49. The third-order valence-electron chi connectivity index (χ3n) is 2.55. The maximum Gasteiger partial charge on any atom is 0.254 e. The van der Waals surface area contributed by atoms with Crippen LogP contribution in [0.4, 0.5) is 4.39 Å². The molecule has 0 atom stereocenters. The monoisotopic (exact) mass is 268 g/mol. The number of carbonyl (C=O) groups is 1. The molecule has 0 saturated heterocycles. The van der Waals surface area contributed by atoms with E-state index in [0.717, 1.165) is 0 Å². The predicted molar refractivity (Wildman–Crippen MR) is 74.0 cm³/mol. The fourth-order valence-electron chi connectivity index (χ4n) is 1.61. The van der Waals surface area contributed by atoms with Gasteiger partial charge in [-0.3, -0.25) is 4.79 Å². The average Bonchev–Trinajstić information content (AvgIpc) is 2.28. The molecule has 0 aliphatic carbocycles. The number of halogens is 1. The van der Waals surface area contributed by atoms with Gasteiger partial charge in [-0.1, -0.05) is 18.3 Å². The lowest BCUT2D eigenvalue weighted by atomic mass is 10.1. The van der Waals surface area contributed by atoms with Gasteiger partial charge in [0.2, 0.25) is 0 Å². The van der Waals surface area contributed by atoms with Gasteiger partial charge in [0.1, 0.15) is 5.82 Å². The Kier molecular flexibility index (Phi) is 5.22. The molecular weight excluding hydrogens is 251 g/mol. The molecule has 0 bridgehead atoms. The Morgan fingerprint density at radius 1 is 1.50 bits per heavy atom. The Balaban J connectivity index is 2.85. The quantitative estimate of drug-likeness (QED) is 0.834. The molecule has 1 aromatic carbocycles. The molecule has 0 unspecified atom stereocenters. The fourth-order valence-corrected chi connectivity index (χ4v) is 1.70. The van der Waals surface area contributed by atoms with Crippen LogP contribution in [0, 0.1) is 5.82 Å². The van der Waals surface area contributed by atoms with E-state index in [1.807, 2.05) is 13.8 Å². The third-order valence-corrected chi connectivity index (χ3v) is 2.76. The second kappa shape index (κ2) is 6.44. The van der Waals surface area contributed by atoms with Crippen molar-refractivity contribution >= 4 is 23.1 Å². The van der Waals surface area contributed by atoms with Crippen molar-refractivity contribution in [3.8, 4) is 0 Å². The highest BCUT2D eigenvalue weighted by Crippen LogP contribution is 2.11. The summed E-state index contributed by atoms with van der Waals surface area (Å²) in [6.45, 7) is 4.25. The molecule has 0 spiro atoms. The van der Waals surface area contributed by atoms with Crippen LogP contribution in [-0.2, 0) is 0 Å². The van der Waals surface area contributed by atoms with Crippen LogP contribution in [0.25, 0.3) is 0 Å². The molecule has 0 aliphatic rings. The van der Waals surface area contributed by atoms with E-state index < -0.39 is 5.82 Å². The molecule has 5 heteroatoms. The highest BCUT2D eigenvalue weighted by Gasteiger charge is 2.18. The summed E-state index contributed by atoms with van der Waals surface area (Å²) in [7, 11) is 0. The first kappa shape index (κ1) is 14.6. The zero-order valence-corrected chi connectivity index (χ0v) is 11.3. The molecule has 0 aromatic heterocycles. The van der Waals surface area contributed by atoms with E-state index in [2.05, 4.69) is 0 Å². The van der Waals surface area contributed by atoms with Gasteiger partial charge in [0.05, 0.1) is 4.99 Å². The van der Waals surface area contributed by atoms with Crippen molar-refractivity contribution in [1.29, 1.82) is 0 Å². The third kappa shape index (κ3) is 4.07.